The molecule has 2 atom stereocenters. The summed E-state index contributed by atoms with van der Waals surface area (Å²) >= 11 is 0. The first-order valence-corrected chi connectivity index (χ1v) is 10.2. The van der Waals surface area contributed by atoms with Crippen LogP contribution in [0.25, 0.3) is 0 Å². The second kappa shape index (κ2) is 6.78. The number of pyridine rings is 1. The molecule has 154 valence electrons. The van der Waals surface area contributed by atoms with Gasteiger partial charge in [-0.05, 0) is 30.7 Å². The quantitative estimate of drug-likeness (QED) is 0.705. The van der Waals surface area contributed by atoms with Gasteiger partial charge in [-0.25, -0.2) is 0 Å². The van der Waals surface area contributed by atoms with E-state index in [9.17, 15) is 26.7 Å². The monoisotopic (exact) mass is 427 g/mol. The molecule has 1 N–H and O–H groups in total. The Kier molecular flexibility index (Phi) is 4.63. The van der Waals surface area contributed by atoms with Crippen molar-refractivity contribution in [3.8, 4) is 5.75 Å². The number of hydrogen-bond acceptors (Lipinski definition) is 5. The Bertz CT molecular complexity index is 999. The summed E-state index contributed by atoms with van der Waals surface area (Å²) in [5, 5.41) is 0. The molecule has 0 bridgehead atoms. The Hall–Kier alpha value is -2.50. The number of nitrogens with zero attached hydrogens (tertiary/aromatic N) is 2. The van der Waals surface area contributed by atoms with Crippen LogP contribution >= 0.6 is 0 Å². The predicted molar refractivity (Wildman–Crippen MR) is 94.7 cm³/mol. The molecule has 1 amide bonds. The van der Waals surface area contributed by atoms with E-state index in [0.717, 1.165) is 24.3 Å². The molecule has 2 aliphatic rings. The Balaban J connectivity index is 1.53. The van der Waals surface area contributed by atoms with Crippen LogP contribution in [-0.4, -0.2) is 45.6 Å². The van der Waals surface area contributed by atoms with Crippen LogP contribution in [0.2, 0.25) is 0 Å². The lowest BCUT2D eigenvalue weighted by molar-refractivity contribution is -0.137. The maximum Gasteiger partial charge on any atom is 0.416 e. The third kappa shape index (κ3) is 3.72. The van der Waals surface area contributed by atoms with Crippen molar-refractivity contribution in [3.05, 3.63) is 53.9 Å². The predicted octanol–water partition coefficient (Wildman–Crippen LogP) is 2.27. The van der Waals surface area contributed by atoms with Gasteiger partial charge in [-0.15, -0.1) is 4.72 Å². The largest absolute Gasteiger partial charge is 0.593 e. The van der Waals surface area contributed by atoms with E-state index in [1.54, 1.807) is 0 Å². The summed E-state index contributed by atoms with van der Waals surface area (Å²) < 4.78 is 71.8. The molecule has 1 saturated heterocycles. The van der Waals surface area contributed by atoms with Gasteiger partial charge in [0, 0.05) is 30.9 Å². The van der Waals surface area contributed by atoms with E-state index in [2.05, 4.69) is 9.71 Å². The van der Waals surface area contributed by atoms with Crippen molar-refractivity contribution in [2.45, 2.75) is 23.0 Å². The number of carbonyl (C=O) groups is 1. The van der Waals surface area contributed by atoms with Gasteiger partial charge in [-0.2, -0.15) is 13.2 Å². The molecule has 7 nitrogen and oxygen atoms in total. The third-order valence-electron chi connectivity index (χ3n) is 4.99. The van der Waals surface area contributed by atoms with E-state index in [-0.39, 0.29) is 35.9 Å². The van der Waals surface area contributed by atoms with E-state index in [0.29, 0.717) is 6.42 Å². The first-order chi connectivity index (χ1) is 13.6. The number of fused-ring (bicyclic) bond motifs is 1. The summed E-state index contributed by atoms with van der Waals surface area (Å²) in [6, 6.07) is 5.38. The van der Waals surface area contributed by atoms with E-state index in [1.165, 1.54) is 23.4 Å². The summed E-state index contributed by atoms with van der Waals surface area (Å²) in [5.74, 6) is -0.296. The lowest BCUT2D eigenvalue weighted by atomic mass is 10.0. The Morgan fingerprint density at radius 1 is 1.28 bits per heavy atom. The van der Waals surface area contributed by atoms with Gasteiger partial charge in [0.25, 0.3) is 5.91 Å². The molecule has 1 fully saturated rings. The van der Waals surface area contributed by atoms with Crippen molar-refractivity contribution in [2.75, 3.05) is 19.7 Å². The fourth-order valence-electron chi connectivity index (χ4n) is 3.50. The molecule has 2 aliphatic heterocycles. The number of halogens is 3. The minimum atomic E-state index is -4.49. The first kappa shape index (κ1) is 19.8. The fraction of sp³-hybridized carbons (Fsp3) is 0.333. The van der Waals surface area contributed by atoms with Crippen LogP contribution in [-0.2, 0) is 20.8 Å². The van der Waals surface area contributed by atoms with Crippen LogP contribution in [0, 0.1) is 0 Å². The van der Waals surface area contributed by atoms with Gasteiger partial charge in [-0.1, -0.05) is 4.21 Å². The van der Waals surface area contributed by atoms with Gasteiger partial charge < -0.3 is 14.2 Å². The molecule has 4 rings (SSSR count). The highest BCUT2D eigenvalue weighted by atomic mass is 32.3. The average molecular weight is 427 g/mol. The number of sulfonamides is 1. The number of alkyl halides is 3. The van der Waals surface area contributed by atoms with Crippen LogP contribution in [0.15, 0.2) is 47.6 Å². The lowest BCUT2D eigenvalue weighted by Gasteiger charge is -2.28. The number of aromatic nitrogens is 1. The average Bonchev–Trinajstić information content (AvgIpc) is 3.04. The molecule has 1 spiro atoms. The SMILES string of the molecule is O=C(c1ccc(C(F)(F)F)cc1)N1CCC2(COc3ccncc3[S+](=O)([O-])N2)C1. The summed E-state index contributed by atoms with van der Waals surface area (Å²) in [6.45, 7) is 0.286. The molecule has 1 aromatic heterocycles. The molecular weight excluding hydrogens is 411 g/mol. The molecule has 2 aromatic rings. The Morgan fingerprint density at radius 2 is 2.00 bits per heavy atom. The van der Waals surface area contributed by atoms with Crippen LogP contribution in [0.4, 0.5) is 13.2 Å². The fourth-order valence-corrected chi connectivity index (χ4v) is 5.00. The van der Waals surface area contributed by atoms with E-state index in [4.69, 9.17) is 4.74 Å². The molecule has 2 unspecified atom stereocenters. The molecular formula is C18H16F3N3O4S. The van der Waals surface area contributed by atoms with Crippen LogP contribution in [0.5, 0.6) is 5.75 Å². The van der Waals surface area contributed by atoms with Crippen molar-refractivity contribution in [1.82, 2.24) is 14.6 Å². The smallest absolute Gasteiger partial charge is 0.416 e. The number of benzene rings is 1. The number of rotatable bonds is 1. The number of nitrogens with one attached hydrogen (secondary N) is 1. The summed E-state index contributed by atoms with van der Waals surface area (Å²) in [5.41, 5.74) is -1.78. The number of amides is 1. The highest BCUT2D eigenvalue weighted by molar-refractivity contribution is 7.96. The van der Waals surface area contributed by atoms with Crippen molar-refractivity contribution in [1.29, 1.82) is 0 Å². The molecule has 1 aromatic carbocycles. The van der Waals surface area contributed by atoms with Crippen LogP contribution in [0.3, 0.4) is 0 Å². The van der Waals surface area contributed by atoms with Crippen LogP contribution < -0.4 is 9.46 Å². The zero-order valence-corrected chi connectivity index (χ0v) is 15.8. The zero-order valence-electron chi connectivity index (χ0n) is 14.9. The van der Waals surface area contributed by atoms with Gasteiger partial charge in [0.15, 0.2) is 16.1 Å². The van der Waals surface area contributed by atoms with Gasteiger partial charge in [0.05, 0.1) is 11.8 Å². The number of ether oxygens (including phenoxy) is 1. The molecule has 0 saturated carbocycles. The molecule has 3 heterocycles. The number of likely N-dealkylation sites (tertiary alicyclic amines) is 1. The molecule has 0 radical (unpaired) electrons. The number of hydrogen-bond donors (Lipinski definition) is 1. The van der Waals surface area contributed by atoms with Gasteiger partial charge >= 0.3 is 6.18 Å². The first-order valence-electron chi connectivity index (χ1n) is 8.67. The third-order valence-corrected chi connectivity index (χ3v) is 6.58. The van der Waals surface area contributed by atoms with Crippen molar-refractivity contribution >= 4 is 16.3 Å². The highest BCUT2D eigenvalue weighted by Crippen LogP contribution is 2.35. The number of carbonyl (C=O) groups excluding carboxylic acids is 1. The van der Waals surface area contributed by atoms with E-state index < -0.39 is 33.6 Å². The normalized spacial score (nSPS) is 26.7. The maximum absolute atomic E-state index is 12.7. The molecule has 29 heavy (non-hydrogen) atoms. The molecule has 11 heteroatoms. The minimum absolute atomic E-state index is 0.0139. The second-order valence-electron chi connectivity index (χ2n) is 7.05. The van der Waals surface area contributed by atoms with Gasteiger partial charge in [-0.3, -0.25) is 9.78 Å². The van der Waals surface area contributed by atoms with Crippen molar-refractivity contribution in [2.24, 2.45) is 0 Å². The topological polar surface area (TPSA) is 94.6 Å². The second-order valence-corrected chi connectivity index (χ2v) is 8.70. The summed E-state index contributed by atoms with van der Waals surface area (Å²) in [4.78, 5) is 17.9. The van der Waals surface area contributed by atoms with Gasteiger partial charge in [0.2, 0.25) is 4.90 Å². The molecule has 0 aliphatic carbocycles. The summed E-state index contributed by atoms with van der Waals surface area (Å²) in [7, 11) is -3.91. The Labute approximate surface area is 165 Å². The van der Waals surface area contributed by atoms with E-state index >= 15 is 0 Å². The van der Waals surface area contributed by atoms with E-state index in [1.807, 2.05) is 0 Å². The summed E-state index contributed by atoms with van der Waals surface area (Å²) in [6.07, 6.45) is -1.57. The highest BCUT2D eigenvalue weighted by Gasteiger charge is 2.49. The maximum atomic E-state index is 12.7. The lowest BCUT2D eigenvalue weighted by Crippen LogP contribution is -2.55. The Morgan fingerprint density at radius 3 is 2.69 bits per heavy atom. The van der Waals surface area contributed by atoms with Crippen LogP contribution in [0.1, 0.15) is 22.3 Å². The van der Waals surface area contributed by atoms with Crippen molar-refractivity contribution in [3.63, 3.8) is 0 Å². The van der Waals surface area contributed by atoms with Crippen molar-refractivity contribution < 1.29 is 31.5 Å². The standard InChI is InChI=1S/C18H16F3N3O4S/c19-18(20,21)13-3-1-12(2-4-13)16(25)24-8-6-17(10-24)11-28-14-5-7-22-9-15(14)29(26,27)23-17/h1-5,7,9H,6,8,10-11H2,(H-,23,26,27). The zero-order chi connectivity index (χ0) is 20.9. The van der Waals surface area contributed by atoms with Gasteiger partial charge in [0.1, 0.15) is 12.1 Å². The minimum Gasteiger partial charge on any atom is -0.593 e.